The van der Waals surface area contributed by atoms with Crippen molar-refractivity contribution in [3.8, 4) is 0 Å². The zero-order chi connectivity index (χ0) is 18.1. The number of nitrogens with one attached hydrogen (secondary N) is 2. The van der Waals surface area contributed by atoms with E-state index in [-0.39, 0.29) is 23.8 Å². The minimum absolute atomic E-state index is 0.0298. The molecule has 1 aromatic rings. The molecule has 0 aromatic heterocycles. The number of carbonyl (C=O) groups excluding carboxylic acids is 2. The van der Waals surface area contributed by atoms with Crippen LogP contribution in [-0.2, 0) is 15.8 Å². The molecule has 2 N–H and O–H groups in total. The molecule has 0 heterocycles. The second-order valence-electron chi connectivity index (χ2n) is 6.76. The highest BCUT2D eigenvalue weighted by molar-refractivity contribution is 5.90. The smallest absolute Gasteiger partial charge is 0.351 e. The molecule has 1 aromatic carbocycles. The van der Waals surface area contributed by atoms with Gasteiger partial charge >= 0.3 is 6.18 Å². The predicted molar refractivity (Wildman–Crippen MR) is 83.2 cm³/mol. The number of benzene rings is 1. The Kier molecular flexibility index (Phi) is 4.92. The molecule has 24 heavy (non-hydrogen) atoms. The third-order valence-electron chi connectivity index (χ3n) is 4.24. The molecule has 0 spiro atoms. The van der Waals surface area contributed by atoms with Gasteiger partial charge in [-0.05, 0) is 50.3 Å². The maximum absolute atomic E-state index is 12.5. The molecule has 132 valence electrons. The zero-order valence-corrected chi connectivity index (χ0v) is 13.8. The Morgan fingerprint density at radius 2 is 1.62 bits per heavy atom. The van der Waals surface area contributed by atoms with Gasteiger partial charge in [-0.1, -0.05) is 12.1 Å². The van der Waals surface area contributed by atoms with Gasteiger partial charge in [0.25, 0.3) is 0 Å². The quantitative estimate of drug-likeness (QED) is 0.884. The summed E-state index contributed by atoms with van der Waals surface area (Å²) in [6, 6.07) is 5.12. The average molecular weight is 342 g/mol. The largest absolute Gasteiger partial charge is 0.416 e. The molecule has 2 amide bonds. The van der Waals surface area contributed by atoms with E-state index in [1.807, 2.05) is 0 Å². The van der Waals surface area contributed by atoms with Gasteiger partial charge in [-0.15, -0.1) is 0 Å². The van der Waals surface area contributed by atoms with Gasteiger partial charge in [0.05, 0.1) is 5.56 Å². The van der Waals surface area contributed by atoms with Crippen LogP contribution >= 0.6 is 0 Å². The zero-order valence-electron chi connectivity index (χ0n) is 13.8. The van der Waals surface area contributed by atoms with Crippen LogP contribution in [0.1, 0.15) is 50.7 Å². The van der Waals surface area contributed by atoms with E-state index in [9.17, 15) is 22.8 Å². The molecule has 4 nitrogen and oxygen atoms in total. The number of halogens is 3. The van der Waals surface area contributed by atoms with Crippen LogP contribution in [0.5, 0.6) is 0 Å². The van der Waals surface area contributed by atoms with Crippen LogP contribution < -0.4 is 10.6 Å². The second kappa shape index (κ2) is 6.45. The number of carbonyl (C=O) groups is 2. The van der Waals surface area contributed by atoms with Crippen molar-refractivity contribution in [2.24, 2.45) is 0 Å². The van der Waals surface area contributed by atoms with Crippen molar-refractivity contribution >= 4 is 11.8 Å². The summed E-state index contributed by atoms with van der Waals surface area (Å²) in [6.07, 6.45) is -2.98. The topological polar surface area (TPSA) is 58.2 Å². The molecule has 2 rings (SSSR count). The minimum Gasteiger partial charge on any atom is -0.351 e. The van der Waals surface area contributed by atoms with Gasteiger partial charge in [-0.2, -0.15) is 13.2 Å². The molecule has 7 heteroatoms. The highest BCUT2D eigenvalue weighted by Gasteiger charge is 2.36. The summed E-state index contributed by atoms with van der Waals surface area (Å²) in [7, 11) is 0. The van der Waals surface area contributed by atoms with E-state index in [1.165, 1.54) is 19.1 Å². The maximum atomic E-state index is 12.5. The van der Waals surface area contributed by atoms with Crippen LogP contribution in [0, 0.1) is 0 Å². The van der Waals surface area contributed by atoms with Gasteiger partial charge in [0.15, 0.2) is 0 Å². The Bertz CT molecular complexity index is 618. The van der Waals surface area contributed by atoms with Crippen LogP contribution in [0.25, 0.3) is 0 Å². The Morgan fingerprint density at radius 3 is 2.08 bits per heavy atom. The molecule has 1 aliphatic carbocycles. The first-order valence-corrected chi connectivity index (χ1v) is 7.76. The Labute approximate surface area is 138 Å². The maximum Gasteiger partial charge on any atom is 0.416 e. The lowest BCUT2D eigenvalue weighted by molar-refractivity contribution is -0.137. The summed E-state index contributed by atoms with van der Waals surface area (Å²) in [4.78, 5) is 23.2. The van der Waals surface area contributed by atoms with E-state index in [0.29, 0.717) is 12.8 Å². The van der Waals surface area contributed by atoms with Gasteiger partial charge in [-0.25, -0.2) is 0 Å². The summed E-state index contributed by atoms with van der Waals surface area (Å²) >= 11 is 0. The van der Waals surface area contributed by atoms with Crippen LogP contribution in [0.4, 0.5) is 13.2 Å². The fourth-order valence-corrected chi connectivity index (χ4v) is 2.81. The fraction of sp³-hybridized carbons (Fsp3) is 0.529. The lowest BCUT2D eigenvalue weighted by Crippen LogP contribution is -2.57. The van der Waals surface area contributed by atoms with Gasteiger partial charge < -0.3 is 10.6 Å². The minimum atomic E-state index is -4.33. The lowest BCUT2D eigenvalue weighted by atomic mass is 9.75. The SMILES string of the molecule is CC(=O)NC(C)(C)C(=O)NC1CC(c2ccc(C(F)(F)F)cc2)C1. The van der Waals surface area contributed by atoms with Crippen molar-refractivity contribution in [2.45, 2.75) is 57.3 Å². The van der Waals surface area contributed by atoms with Crippen molar-refractivity contribution in [1.82, 2.24) is 10.6 Å². The van der Waals surface area contributed by atoms with E-state index < -0.39 is 17.3 Å². The Balaban J connectivity index is 1.87. The van der Waals surface area contributed by atoms with E-state index >= 15 is 0 Å². The van der Waals surface area contributed by atoms with Crippen molar-refractivity contribution < 1.29 is 22.8 Å². The molecule has 0 unspecified atom stereocenters. The monoisotopic (exact) mass is 342 g/mol. The van der Waals surface area contributed by atoms with Crippen molar-refractivity contribution in [2.75, 3.05) is 0 Å². The van der Waals surface area contributed by atoms with E-state index in [4.69, 9.17) is 0 Å². The molecule has 1 fully saturated rings. The first-order valence-electron chi connectivity index (χ1n) is 7.76. The van der Waals surface area contributed by atoms with Gasteiger partial charge in [0.1, 0.15) is 5.54 Å². The van der Waals surface area contributed by atoms with E-state index in [2.05, 4.69) is 10.6 Å². The van der Waals surface area contributed by atoms with Crippen molar-refractivity contribution in [1.29, 1.82) is 0 Å². The Hall–Kier alpha value is -2.05. The molecule has 0 bridgehead atoms. The normalized spacial score (nSPS) is 20.9. The summed E-state index contributed by atoms with van der Waals surface area (Å²) in [6.45, 7) is 4.59. The van der Waals surface area contributed by atoms with E-state index in [1.54, 1.807) is 13.8 Å². The molecular weight excluding hydrogens is 321 g/mol. The third kappa shape index (κ3) is 4.27. The van der Waals surface area contributed by atoms with Crippen LogP contribution in [-0.4, -0.2) is 23.4 Å². The van der Waals surface area contributed by atoms with Crippen LogP contribution in [0.2, 0.25) is 0 Å². The summed E-state index contributed by atoms with van der Waals surface area (Å²) in [5.41, 5.74) is -0.812. The predicted octanol–water partition coefficient (Wildman–Crippen LogP) is 2.98. The fourth-order valence-electron chi connectivity index (χ4n) is 2.81. The number of amides is 2. The second-order valence-corrected chi connectivity index (χ2v) is 6.76. The summed E-state index contributed by atoms with van der Waals surface area (Å²) in [5, 5.41) is 5.44. The highest BCUT2D eigenvalue weighted by atomic mass is 19.4. The molecule has 0 radical (unpaired) electrons. The number of alkyl halides is 3. The molecule has 0 aliphatic heterocycles. The van der Waals surface area contributed by atoms with E-state index in [0.717, 1.165) is 17.7 Å². The number of rotatable bonds is 4. The molecule has 0 atom stereocenters. The van der Waals surface area contributed by atoms with Crippen molar-refractivity contribution in [3.05, 3.63) is 35.4 Å². The average Bonchev–Trinajstić information content (AvgIpc) is 2.39. The van der Waals surface area contributed by atoms with Crippen LogP contribution in [0.15, 0.2) is 24.3 Å². The highest BCUT2D eigenvalue weighted by Crippen LogP contribution is 2.38. The lowest BCUT2D eigenvalue weighted by Gasteiger charge is -2.38. The molecule has 1 aliphatic rings. The molecule has 1 saturated carbocycles. The summed E-state index contributed by atoms with van der Waals surface area (Å²) in [5.74, 6) is -0.415. The first-order chi connectivity index (χ1) is 11.0. The van der Waals surface area contributed by atoms with Crippen molar-refractivity contribution in [3.63, 3.8) is 0 Å². The van der Waals surface area contributed by atoms with Gasteiger partial charge in [-0.3, -0.25) is 9.59 Å². The van der Waals surface area contributed by atoms with Gasteiger partial charge in [0.2, 0.25) is 11.8 Å². The standard InChI is InChI=1S/C17H21F3N2O2/c1-10(23)22-16(2,3)15(24)21-14-8-12(9-14)11-4-6-13(7-5-11)17(18,19)20/h4-7,12,14H,8-9H2,1-3H3,(H,21,24)(H,22,23). The number of hydrogen-bond donors (Lipinski definition) is 2. The Morgan fingerprint density at radius 1 is 1.08 bits per heavy atom. The van der Waals surface area contributed by atoms with Gasteiger partial charge in [0, 0.05) is 13.0 Å². The molecule has 0 saturated heterocycles. The third-order valence-corrected chi connectivity index (χ3v) is 4.24. The van der Waals surface area contributed by atoms with Crippen LogP contribution in [0.3, 0.4) is 0 Å². The summed E-state index contributed by atoms with van der Waals surface area (Å²) < 4.78 is 37.6. The molecular formula is C17H21F3N2O2. The number of hydrogen-bond acceptors (Lipinski definition) is 2. The first kappa shape index (κ1) is 18.3.